The Balaban J connectivity index is 2.27. The first-order valence-electron chi connectivity index (χ1n) is 7.04. The number of aliphatic hydroxyl groups is 1. The average molecular weight is 317 g/mol. The van der Waals surface area contributed by atoms with Gasteiger partial charge in [0.1, 0.15) is 5.60 Å². The second-order valence-electron chi connectivity index (χ2n) is 5.55. The zero-order valence-corrected chi connectivity index (χ0v) is 12.9. The molecule has 0 aromatic heterocycles. The van der Waals surface area contributed by atoms with E-state index in [0.29, 0.717) is 17.1 Å². The molecule has 5 heteroatoms. The first-order valence-corrected chi connectivity index (χ1v) is 7.41. The lowest BCUT2D eigenvalue weighted by Crippen LogP contribution is -2.48. The van der Waals surface area contributed by atoms with Gasteiger partial charge in [-0.1, -0.05) is 41.9 Å². The molecule has 0 fully saturated rings. The minimum Gasteiger partial charge on any atom is -0.411 e. The molecule has 2 aromatic rings. The average Bonchev–Trinajstić information content (AvgIpc) is 2.53. The normalized spacial score (nSPS) is 24.5. The molecule has 4 nitrogen and oxygen atoms in total. The highest BCUT2D eigenvalue weighted by Gasteiger charge is 2.45. The van der Waals surface area contributed by atoms with Crippen molar-refractivity contribution < 1.29 is 10.3 Å². The van der Waals surface area contributed by atoms with Gasteiger partial charge in [-0.2, -0.15) is 0 Å². The Kier molecular flexibility index (Phi) is 3.81. The third kappa shape index (κ3) is 2.25. The molecule has 0 amide bonds. The summed E-state index contributed by atoms with van der Waals surface area (Å²) in [6, 6.07) is 14.9. The van der Waals surface area contributed by atoms with Crippen molar-refractivity contribution in [2.45, 2.75) is 5.60 Å². The fourth-order valence-electron chi connectivity index (χ4n) is 3.17. The summed E-state index contributed by atoms with van der Waals surface area (Å²) in [4.78, 5) is 2.02. The second-order valence-corrected chi connectivity index (χ2v) is 5.98. The maximum Gasteiger partial charge on any atom is 0.126 e. The first kappa shape index (κ1) is 14.9. The highest BCUT2D eigenvalue weighted by molar-refractivity contribution is 6.30. The predicted molar refractivity (Wildman–Crippen MR) is 87.9 cm³/mol. The fourth-order valence-corrected chi connectivity index (χ4v) is 3.34. The van der Waals surface area contributed by atoms with Crippen LogP contribution in [0.15, 0.2) is 53.7 Å². The number of fused-ring (bicyclic) bond motifs is 1. The van der Waals surface area contributed by atoms with Crippen LogP contribution in [0, 0.1) is 5.92 Å². The summed E-state index contributed by atoms with van der Waals surface area (Å²) < 4.78 is 0. The van der Waals surface area contributed by atoms with Crippen LogP contribution < -0.4 is 4.90 Å². The fraction of sp³-hybridized carbons (Fsp3) is 0.235. The summed E-state index contributed by atoms with van der Waals surface area (Å²) in [6.07, 6.45) is 1.38. The summed E-state index contributed by atoms with van der Waals surface area (Å²) in [5, 5.41) is 24.3. The number of oxime groups is 1. The Morgan fingerprint density at radius 3 is 2.68 bits per heavy atom. The van der Waals surface area contributed by atoms with E-state index in [4.69, 9.17) is 16.8 Å². The van der Waals surface area contributed by atoms with Gasteiger partial charge in [0, 0.05) is 29.9 Å². The topological polar surface area (TPSA) is 56.1 Å². The highest BCUT2D eigenvalue weighted by Crippen LogP contribution is 2.45. The quantitative estimate of drug-likeness (QED) is 0.508. The number of anilines is 1. The Morgan fingerprint density at radius 1 is 1.27 bits per heavy atom. The van der Waals surface area contributed by atoms with Crippen LogP contribution in [-0.2, 0) is 5.60 Å². The molecule has 2 atom stereocenters. The van der Waals surface area contributed by atoms with Gasteiger partial charge in [0.15, 0.2) is 0 Å². The monoisotopic (exact) mass is 316 g/mol. The van der Waals surface area contributed by atoms with Crippen molar-refractivity contribution in [2.24, 2.45) is 11.1 Å². The third-order valence-corrected chi connectivity index (χ3v) is 4.48. The number of hydrogen-bond donors (Lipinski definition) is 2. The molecular weight excluding hydrogens is 300 g/mol. The van der Waals surface area contributed by atoms with E-state index in [2.05, 4.69) is 5.16 Å². The van der Waals surface area contributed by atoms with E-state index in [0.717, 1.165) is 11.3 Å². The molecular formula is C17H17ClN2O2. The van der Waals surface area contributed by atoms with E-state index in [1.54, 1.807) is 6.07 Å². The Bertz CT molecular complexity index is 705. The van der Waals surface area contributed by atoms with Gasteiger partial charge in [0.25, 0.3) is 0 Å². The van der Waals surface area contributed by atoms with Gasteiger partial charge in [-0.15, -0.1) is 5.16 Å². The van der Waals surface area contributed by atoms with E-state index in [1.807, 2.05) is 54.4 Å². The largest absolute Gasteiger partial charge is 0.411 e. The molecule has 1 aliphatic rings. The molecule has 3 rings (SSSR count). The molecule has 1 aliphatic heterocycles. The van der Waals surface area contributed by atoms with E-state index in [-0.39, 0.29) is 0 Å². The predicted octanol–water partition coefficient (Wildman–Crippen LogP) is 3.10. The Hall–Kier alpha value is -2.04. The minimum atomic E-state index is -1.29. The summed E-state index contributed by atoms with van der Waals surface area (Å²) in [5.74, 6) is -0.393. The Labute approximate surface area is 134 Å². The molecule has 0 aliphatic carbocycles. The standard InChI is InChI=1S/C17H17ClN2O2/c1-20-11-13(10-19-22)17(21,12-5-3-2-4-6-12)15-9-14(18)7-8-16(15)20/h2-10,13,21-22H,11H2,1H3/b19-10+. The van der Waals surface area contributed by atoms with Crippen LogP contribution in [0.5, 0.6) is 0 Å². The molecule has 1 heterocycles. The van der Waals surface area contributed by atoms with Crippen molar-refractivity contribution in [3.63, 3.8) is 0 Å². The molecule has 0 saturated heterocycles. The molecule has 114 valence electrons. The molecule has 2 unspecified atom stereocenters. The van der Waals surface area contributed by atoms with Crippen LogP contribution in [0.2, 0.25) is 5.02 Å². The smallest absolute Gasteiger partial charge is 0.126 e. The molecule has 22 heavy (non-hydrogen) atoms. The van der Waals surface area contributed by atoms with Gasteiger partial charge < -0.3 is 15.2 Å². The van der Waals surface area contributed by atoms with Gasteiger partial charge in [-0.25, -0.2) is 0 Å². The van der Waals surface area contributed by atoms with Crippen LogP contribution in [0.3, 0.4) is 0 Å². The lowest BCUT2D eigenvalue weighted by Gasteiger charge is -2.44. The highest BCUT2D eigenvalue weighted by atomic mass is 35.5. The number of hydrogen-bond acceptors (Lipinski definition) is 4. The minimum absolute atomic E-state index is 0.393. The van der Waals surface area contributed by atoms with Crippen molar-refractivity contribution in [3.8, 4) is 0 Å². The first-order chi connectivity index (χ1) is 10.6. The summed E-state index contributed by atoms with van der Waals surface area (Å²) >= 11 is 6.15. The van der Waals surface area contributed by atoms with Gasteiger partial charge in [0.2, 0.25) is 0 Å². The Morgan fingerprint density at radius 2 is 2.00 bits per heavy atom. The number of rotatable bonds is 2. The molecule has 0 saturated carbocycles. The molecule has 0 radical (unpaired) electrons. The van der Waals surface area contributed by atoms with Crippen molar-refractivity contribution in [1.29, 1.82) is 0 Å². The van der Waals surface area contributed by atoms with Crippen LogP contribution >= 0.6 is 11.6 Å². The van der Waals surface area contributed by atoms with Crippen molar-refractivity contribution in [3.05, 3.63) is 64.7 Å². The van der Waals surface area contributed by atoms with Crippen LogP contribution in [0.25, 0.3) is 0 Å². The van der Waals surface area contributed by atoms with Crippen LogP contribution in [0.4, 0.5) is 5.69 Å². The third-order valence-electron chi connectivity index (χ3n) is 4.25. The van der Waals surface area contributed by atoms with Crippen molar-refractivity contribution in [1.82, 2.24) is 0 Å². The molecule has 0 spiro atoms. The van der Waals surface area contributed by atoms with Gasteiger partial charge >= 0.3 is 0 Å². The molecule has 2 N–H and O–H groups in total. The van der Waals surface area contributed by atoms with Gasteiger partial charge in [0.05, 0.1) is 12.1 Å². The zero-order valence-electron chi connectivity index (χ0n) is 12.1. The maximum absolute atomic E-state index is 11.5. The number of nitrogens with zero attached hydrogens (tertiary/aromatic N) is 2. The summed E-state index contributed by atoms with van der Waals surface area (Å²) in [6.45, 7) is 0.532. The zero-order chi connectivity index (χ0) is 15.7. The van der Waals surface area contributed by atoms with E-state index < -0.39 is 11.5 Å². The lowest BCUT2D eigenvalue weighted by molar-refractivity contribution is 0.0430. The van der Waals surface area contributed by atoms with E-state index in [9.17, 15) is 5.11 Å². The number of halogens is 1. The van der Waals surface area contributed by atoms with E-state index >= 15 is 0 Å². The SMILES string of the molecule is CN1CC(/C=N/O)C(O)(c2ccccc2)c2cc(Cl)ccc21. The number of benzene rings is 2. The van der Waals surface area contributed by atoms with E-state index in [1.165, 1.54) is 6.21 Å². The van der Waals surface area contributed by atoms with Crippen LogP contribution in [-0.4, -0.2) is 30.1 Å². The van der Waals surface area contributed by atoms with Gasteiger partial charge in [-0.3, -0.25) is 0 Å². The molecule has 0 bridgehead atoms. The second kappa shape index (κ2) is 5.63. The molecule has 2 aromatic carbocycles. The van der Waals surface area contributed by atoms with Crippen molar-refractivity contribution in [2.75, 3.05) is 18.5 Å². The lowest BCUT2D eigenvalue weighted by atomic mass is 9.73. The van der Waals surface area contributed by atoms with Crippen LogP contribution in [0.1, 0.15) is 11.1 Å². The summed E-state index contributed by atoms with van der Waals surface area (Å²) in [5.41, 5.74) is 1.08. The van der Waals surface area contributed by atoms with Gasteiger partial charge in [-0.05, 0) is 23.8 Å². The van der Waals surface area contributed by atoms with Crippen molar-refractivity contribution >= 4 is 23.5 Å². The maximum atomic E-state index is 11.5. The summed E-state index contributed by atoms with van der Waals surface area (Å²) in [7, 11) is 1.94.